The van der Waals surface area contributed by atoms with Gasteiger partial charge < -0.3 is 10.6 Å². The first kappa shape index (κ1) is 19.4. The molecule has 1 aromatic heterocycles. The number of alkyl halides is 3. The normalized spacial score (nSPS) is 11.3. The summed E-state index contributed by atoms with van der Waals surface area (Å²) in [6.07, 6.45) is -3.65. The number of carbonyl (C=O) groups excluding carboxylic acids is 2. The molecule has 0 bridgehead atoms. The van der Waals surface area contributed by atoms with Crippen LogP contribution in [0, 0.1) is 5.92 Å². The highest BCUT2D eigenvalue weighted by molar-refractivity contribution is 5.94. The van der Waals surface area contributed by atoms with Crippen LogP contribution in [0.15, 0.2) is 42.6 Å². The quantitative estimate of drug-likeness (QED) is 0.850. The molecule has 0 aliphatic heterocycles. The molecule has 5 nitrogen and oxygen atoms in total. The third-order valence-corrected chi connectivity index (χ3v) is 3.52. The van der Waals surface area contributed by atoms with Crippen molar-refractivity contribution < 1.29 is 22.8 Å². The molecule has 2 aromatic rings. The number of benzene rings is 1. The number of carbonyl (C=O) groups is 2. The lowest BCUT2D eigenvalue weighted by molar-refractivity contribution is -0.141. The van der Waals surface area contributed by atoms with Gasteiger partial charge in [0.15, 0.2) is 0 Å². The van der Waals surface area contributed by atoms with Gasteiger partial charge in [0.2, 0.25) is 5.91 Å². The van der Waals surface area contributed by atoms with Crippen molar-refractivity contribution in [1.82, 2.24) is 10.3 Å². The predicted molar refractivity (Wildman–Crippen MR) is 90.3 cm³/mol. The van der Waals surface area contributed by atoms with E-state index in [1.807, 2.05) is 0 Å². The molecule has 0 saturated carbocycles. The molecule has 138 valence electrons. The van der Waals surface area contributed by atoms with Gasteiger partial charge >= 0.3 is 6.18 Å². The molecule has 0 atom stereocenters. The van der Waals surface area contributed by atoms with E-state index in [-0.39, 0.29) is 23.9 Å². The summed E-state index contributed by atoms with van der Waals surface area (Å²) in [6, 6.07) is 8.74. The van der Waals surface area contributed by atoms with Gasteiger partial charge in [-0.15, -0.1) is 0 Å². The van der Waals surface area contributed by atoms with E-state index in [1.165, 1.54) is 0 Å². The Labute approximate surface area is 148 Å². The van der Waals surface area contributed by atoms with Crippen LogP contribution in [0.25, 0.3) is 0 Å². The first-order valence-electron chi connectivity index (χ1n) is 7.88. The van der Waals surface area contributed by atoms with E-state index in [4.69, 9.17) is 0 Å². The van der Waals surface area contributed by atoms with Crippen LogP contribution in [0.4, 0.5) is 18.9 Å². The van der Waals surface area contributed by atoms with Gasteiger partial charge in [-0.05, 0) is 29.8 Å². The van der Waals surface area contributed by atoms with Crippen LogP contribution in [0.3, 0.4) is 0 Å². The number of aromatic nitrogens is 1. The lowest BCUT2D eigenvalue weighted by atomic mass is 10.1. The number of amides is 2. The van der Waals surface area contributed by atoms with Gasteiger partial charge in [0.1, 0.15) is 5.69 Å². The van der Waals surface area contributed by atoms with Crippen molar-refractivity contribution in [1.29, 1.82) is 0 Å². The van der Waals surface area contributed by atoms with E-state index in [2.05, 4.69) is 15.6 Å². The second kappa shape index (κ2) is 7.99. The number of halogens is 3. The average molecular weight is 365 g/mol. The van der Waals surface area contributed by atoms with E-state index in [1.54, 1.807) is 38.1 Å². The molecule has 0 aliphatic carbocycles. The van der Waals surface area contributed by atoms with Crippen molar-refractivity contribution in [3.05, 3.63) is 59.4 Å². The minimum atomic E-state index is -4.54. The summed E-state index contributed by atoms with van der Waals surface area (Å²) in [5, 5.41) is 5.35. The molecule has 8 heteroatoms. The smallest absolute Gasteiger partial charge is 0.348 e. The van der Waals surface area contributed by atoms with Gasteiger partial charge in [-0.3, -0.25) is 14.6 Å². The summed E-state index contributed by atoms with van der Waals surface area (Å²) in [7, 11) is 0. The Bertz CT molecular complexity index is 770. The number of pyridine rings is 1. The molecular formula is C18H18F3N3O2. The largest absolute Gasteiger partial charge is 0.433 e. The van der Waals surface area contributed by atoms with Gasteiger partial charge in [0.25, 0.3) is 5.91 Å². The van der Waals surface area contributed by atoms with Crippen LogP contribution in [0.1, 0.15) is 35.5 Å². The van der Waals surface area contributed by atoms with Crippen LogP contribution in [0.5, 0.6) is 0 Å². The Hall–Kier alpha value is -2.90. The minimum Gasteiger partial charge on any atom is -0.348 e. The molecule has 2 N–H and O–H groups in total. The van der Waals surface area contributed by atoms with Gasteiger partial charge in [-0.25, -0.2) is 0 Å². The number of hydrogen-bond donors (Lipinski definition) is 2. The molecule has 2 rings (SSSR count). The molecule has 0 unspecified atom stereocenters. The lowest BCUT2D eigenvalue weighted by Crippen LogP contribution is -2.23. The van der Waals surface area contributed by atoms with Crippen LogP contribution in [0.2, 0.25) is 0 Å². The fraction of sp³-hybridized carbons (Fsp3) is 0.278. The summed E-state index contributed by atoms with van der Waals surface area (Å²) < 4.78 is 37.4. The summed E-state index contributed by atoms with van der Waals surface area (Å²) in [4.78, 5) is 26.8. The van der Waals surface area contributed by atoms with Crippen LogP contribution < -0.4 is 10.6 Å². The number of hydrogen-bond acceptors (Lipinski definition) is 3. The Morgan fingerprint density at radius 2 is 1.73 bits per heavy atom. The van der Waals surface area contributed by atoms with Crippen LogP contribution >= 0.6 is 0 Å². The molecule has 0 radical (unpaired) electrons. The zero-order chi connectivity index (χ0) is 19.3. The maximum absolute atomic E-state index is 12.5. The van der Waals surface area contributed by atoms with E-state index in [0.717, 1.165) is 23.9 Å². The summed E-state index contributed by atoms with van der Waals surface area (Å²) in [5.41, 5.74) is 0.415. The number of nitrogens with one attached hydrogen (secondary N) is 2. The molecule has 0 aliphatic rings. The first-order chi connectivity index (χ1) is 12.2. The minimum absolute atomic E-state index is 0.0406. The number of anilines is 1. The predicted octanol–water partition coefficient (Wildman–Crippen LogP) is 3.62. The molecule has 1 aromatic carbocycles. The average Bonchev–Trinajstić information content (AvgIpc) is 2.60. The molecule has 0 spiro atoms. The molecule has 0 fully saturated rings. The Balaban J connectivity index is 1.92. The van der Waals surface area contributed by atoms with Crippen LogP contribution in [-0.4, -0.2) is 16.8 Å². The molecule has 2 amide bonds. The fourth-order valence-electron chi connectivity index (χ4n) is 1.97. The summed E-state index contributed by atoms with van der Waals surface area (Å²) >= 11 is 0. The molecule has 26 heavy (non-hydrogen) atoms. The standard InChI is InChI=1S/C18H18F3N3O2/c1-11(2)16(25)24-14-6-3-12(4-7-14)9-23-17(26)13-5-8-15(22-10-13)18(19,20)21/h3-8,10-11H,9H2,1-2H3,(H,23,26)(H,24,25). The van der Waals surface area contributed by atoms with Crippen molar-refractivity contribution in [3.8, 4) is 0 Å². The van der Waals surface area contributed by atoms with Gasteiger partial charge in [0, 0.05) is 24.3 Å². The highest BCUT2D eigenvalue weighted by atomic mass is 19.4. The van der Waals surface area contributed by atoms with Crippen LogP contribution in [-0.2, 0) is 17.5 Å². The van der Waals surface area contributed by atoms with Gasteiger partial charge in [-0.2, -0.15) is 13.2 Å². The number of nitrogens with zero attached hydrogens (tertiary/aromatic N) is 1. The highest BCUT2D eigenvalue weighted by Gasteiger charge is 2.32. The molecular weight excluding hydrogens is 347 g/mol. The zero-order valence-electron chi connectivity index (χ0n) is 14.2. The number of rotatable bonds is 5. The van der Waals surface area contributed by atoms with E-state index < -0.39 is 17.8 Å². The Morgan fingerprint density at radius 1 is 1.08 bits per heavy atom. The molecule has 0 saturated heterocycles. The highest BCUT2D eigenvalue weighted by Crippen LogP contribution is 2.27. The van der Waals surface area contributed by atoms with E-state index >= 15 is 0 Å². The van der Waals surface area contributed by atoms with Crippen molar-refractivity contribution in [2.45, 2.75) is 26.6 Å². The topological polar surface area (TPSA) is 71.1 Å². The van der Waals surface area contributed by atoms with Crippen molar-refractivity contribution >= 4 is 17.5 Å². The zero-order valence-corrected chi connectivity index (χ0v) is 14.2. The lowest BCUT2D eigenvalue weighted by Gasteiger charge is -2.10. The van der Waals surface area contributed by atoms with Gasteiger partial charge in [0.05, 0.1) is 5.56 Å². The second-order valence-corrected chi connectivity index (χ2v) is 5.95. The maximum atomic E-state index is 12.5. The van der Waals surface area contributed by atoms with Crippen molar-refractivity contribution in [2.75, 3.05) is 5.32 Å². The SMILES string of the molecule is CC(C)C(=O)Nc1ccc(CNC(=O)c2ccc(C(F)(F)F)nc2)cc1. The third kappa shape index (κ3) is 5.30. The van der Waals surface area contributed by atoms with E-state index in [9.17, 15) is 22.8 Å². The van der Waals surface area contributed by atoms with Crippen molar-refractivity contribution in [2.24, 2.45) is 5.92 Å². The third-order valence-electron chi connectivity index (χ3n) is 3.52. The van der Waals surface area contributed by atoms with E-state index in [0.29, 0.717) is 5.69 Å². The van der Waals surface area contributed by atoms with Crippen molar-refractivity contribution in [3.63, 3.8) is 0 Å². The van der Waals surface area contributed by atoms with Gasteiger partial charge in [-0.1, -0.05) is 26.0 Å². The first-order valence-corrected chi connectivity index (χ1v) is 7.88. The summed E-state index contributed by atoms with van der Waals surface area (Å²) in [6.45, 7) is 3.77. The Morgan fingerprint density at radius 3 is 2.23 bits per heavy atom. The monoisotopic (exact) mass is 365 g/mol. The summed E-state index contributed by atoms with van der Waals surface area (Å²) in [5.74, 6) is -0.754. The second-order valence-electron chi connectivity index (χ2n) is 5.95. The molecule has 1 heterocycles. The fourth-order valence-corrected chi connectivity index (χ4v) is 1.97. The Kier molecular flexibility index (Phi) is 5.97. The maximum Gasteiger partial charge on any atom is 0.433 e.